The van der Waals surface area contributed by atoms with Crippen LogP contribution in [0.1, 0.15) is 19.3 Å². The minimum absolute atomic E-state index is 0.0150. The van der Waals surface area contributed by atoms with Gasteiger partial charge in [0.15, 0.2) is 0 Å². The van der Waals surface area contributed by atoms with Crippen molar-refractivity contribution in [3.63, 3.8) is 0 Å². The van der Waals surface area contributed by atoms with Crippen LogP contribution in [-0.4, -0.2) is 15.5 Å². The van der Waals surface area contributed by atoms with Crippen molar-refractivity contribution in [3.05, 3.63) is 40.8 Å². The number of fused-ring (bicyclic) bond motifs is 1. The third kappa shape index (κ3) is 1.85. The maximum atomic E-state index is 12.3. The first kappa shape index (κ1) is 11.8. The lowest BCUT2D eigenvalue weighted by molar-refractivity contribution is 0.130. The van der Waals surface area contributed by atoms with Crippen molar-refractivity contribution in [2.75, 3.05) is 5.75 Å². The number of nitrogens with zero attached hydrogens (tertiary/aromatic N) is 2. The summed E-state index contributed by atoms with van der Waals surface area (Å²) in [6.45, 7) is 0.695. The maximum Gasteiger partial charge on any atom is 0.274 e. The van der Waals surface area contributed by atoms with Crippen LogP contribution in [0, 0.1) is 5.41 Å². The number of benzene rings is 1. The van der Waals surface area contributed by atoms with Gasteiger partial charge in [-0.25, -0.2) is 4.68 Å². The number of hydrogen-bond acceptors (Lipinski definition) is 3. The van der Waals surface area contributed by atoms with E-state index in [4.69, 9.17) is 0 Å². The fourth-order valence-electron chi connectivity index (χ4n) is 2.60. The van der Waals surface area contributed by atoms with E-state index < -0.39 is 0 Å². The van der Waals surface area contributed by atoms with Crippen molar-refractivity contribution in [2.24, 2.45) is 5.41 Å². The molecule has 0 aliphatic heterocycles. The van der Waals surface area contributed by atoms with E-state index in [1.54, 1.807) is 10.9 Å². The Hall–Kier alpha value is -1.29. The predicted octanol–water partition coefficient (Wildman–Crippen LogP) is 2.50. The summed E-state index contributed by atoms with van der Waals surface area (Å²) in [5, 5.41) is 5.95. The van der Waals surface area contributed by atoms with Gasteiger partial charge in [0.1, 0.15) is 0 Å². The smallest absolute Gasteiger partial charge is 0.267 e. The molecule has 94 valence electrons. The Labute approximate surface area is 111 Å². The fourth-order valence-corrected chi connectivity index (χ4v) is 3.02. The monoisotopic (exact) mass is 260 g/mol. The standard InChI is InChI=1S/C14H16N2OS/c17-13-12-5-2-1-4-11(12)8-15-16(13)9-14(10-18)6-3-7-14/h1-2,4-5,8,18H,3,6-7,9-10H2. The van der Waals surface area contributed by atoms with E-state index in [0.717, 1.165) is 29.4 Å². The topological polar surface area (TPSA) is 34.9 Å². The quantitative estimate of drug-likeness (QED) is 0.861. The molecule has 0 atom stereocenters. The molecular weight excluding hydrogens is 244 g/mol. The number of aromatic nitrogens is 2. The van der Waals surface area contributed by atoms with Gasteiger partial charge in [0.05, 0.1) is 18.1 Å². The summed E-state index contributed by atoms with van der Waals surface area (Å²) >= 11 is 4.43. The van der Waals surface area contributed by atoms with Gasteiger partial charge in [-0.15, -0.1) is 0 Å². The van der Waals surface area contributed by atoms with Crippen molar-refractivity contribution in [3.8, 4) is 0 Å². The molecule has 0 radical (unpaired) electrons. The average molecular weight is 260 g/mol. The lowest BCUT2D eigenvalue weighted by Crippen LogP contribution is -2.40. The summed E-state index contributed by atoms with van der Waals surface area (Å²) in [4.78, 5) is 12.3. The molecule has 1 fully saturated rings. The first-order chi connectivity index (χ1) is 8.74. The Morgan fingerprint density at radius 3 is 2.78 bits per heavy atom. The number of hydrogen-bond donors (Lipinski definition) is 1. The molecule has 0 N–H and O–H groups in total. The number of thiol groups is 1. The lowest BCUT2D eigenvalue weighted by atomic mass is 9.70. The summed E-state index contributed by atoms with van der Waals surface area (Å²) in [6.07, 6.45) is 5.32. The Morgan fingerprint density at radius 2 is 2.11 bits per heavy atom. The van der Waals surface area contributed by atoms with Crippen LogP contribution in [0.3, 0.4) is 0 Å². The van der Waals surface area contributed by atoms with Crippen LogP contribution < -0.4 is 5.56 Å². The zero-order chi connectivity index (χ0) is 12.6. The zero-order valence-corrected chi connectivity index (χ0v) is 11.1. The van der Waals surface area contributed by atoms with Gasteiger partial charge in [-0.2, -0.15) is 17.7 Å². The molecule has 1 aromatic heterocycles. The molecule has 1 aromatic carbocycles. The Morgan fingerprint density at radius 1 is 1.33 bits per heavy atom. The largest absolute Gasteiger partial charge is 0.274 e. The highest BCUT2D eigenvalue weighted by Crippen LogP contribution is 2.42. The summed E-state index contributed by atoms with van der Waals surface area (Å²) in [5.41, 5.74) is 0.198. The molecule has 4 heteroatoms. The van der Waals surface area contributed by atoms with Crippen LogP contribution in [0.5, 0.6) is 0 Å². The predicted molar refractivity (Wildman–Crippen MR) is 76.1 cm³/mol. The van der Waals surface area contributed by atoms with Crippen LogP contribution in [-0.2, 0) is 6.54 Å². The summed E-state index contributed by atoms with van der Waals surface area (Å²) < 4.78 is 1.61. The van der Waals surface area contributed by atoms with Crippen LogP contribution in [0.15, 0.2) is 35.3 Å². The molecule has 1 aliphatic carbocycles. The van der Waals surface area contributed by atoms with Gasteiger partial charge in [-0.3, -0.25) is 4.79 Å². The number of rotatable bonds is 3. The molecule has 1 saturated carbocycles. The molecule has 3 rings (SSSR count). The molecular formula is C14H16N2OS. The van der Waals surface area contributed by atoms with Crippen molar-refractivity contribution >= 4 is 23.4 Å². The molecule has 2 aromatic rings. The van der Waals surface area contributed by atoms with E-state index in [1.165, 1.54) is 6.42 Å². The molecule has 0 spiro atoms. The van der Waals surface area contributed by atoms with Crippen LogP contribution >= 0.6 is 12.6 Å². The molecule has 0 saturated heterocycles. The highest BCUT2D eigenvalue weighted by molar-refractivity contribution is 7.80. The van der Waals surface area contributed by atoms with Crippen molar-refractivity contribution in [1.82, 2.24) is 9.78 Å². The van der Waals surface area contributed by atoms with Gasteiger partial charge in [0.2, 0.25) is 0 Å². The van der Waals surface area contributed by atoms with E-state index in [9.17, 15) is 4.79 Å². The minimum atomic E-state index is 0.0150. The van der Waals surface area contributed by atoms with Crippen molar-refractivity contribution < 1.29 is 0 Å². The third-order valence-corrected chi connectivity index (χ3v) is 4.67. The maximum absolute atomic E-state index is 12.3. The Kier molecular flexibility index (Phi) is 2.90. The second-order valence-corrected chi connectivity index (χ2v) is 5.52. The third-order valence-electron chi connectivity index (χ3n) is 4.00. The van der Waals surface area contributed by atoms with E-state index in [1.807, 2.05) is 24.3 Å². The average Bonchev–Trinajstić information content (AvgIpc) is 2.37. The van der Waals surface area contributed by atoms with E-state index in [0.29, 0.717) is 6.54 Å². The highest BCUT2D eigenvalue weighted by Gasteiger charge is 2.36. The normalized spacial score (nSPS) is 17.6. The second-order valence-electron chi connectivity index (χ2n) is 5.21. The van der Waals surface area contributed by atoms with Crippen LogP contribution in [0.25, 0.3) is 10.8 Å². The lowest BCUT2D eigenvalue weighted by Gasteiger charge is -2.40. The van der Waals surface area contributed by atoms with Gasteiger partial charge in [-0.05, 0) is 30.1 Å². The van der Waals surface area contributed by atoms with Gasteiger partial charge in [0, 0.05) is 5.39 Å². The van der Waals surface area contributed by atoms with E-state index >= 15 is 0 Å². The van der Waals surface area contributed by atoms with Gasteiger partial charge in [0.25, 0.3) is 5.56 Å². The fraction of sp³-hybridized carbons (Fsp3) is 0.429. The van der Waals surface area contributed by atoms with E-state index in [2.05, 4.69) is 17.7 Å². The molecule has 1 aliphatic rings. The zero-order valence-electron chi connectivity index (χ0n) is 10.2. The summed E-state index contributed by atoms with van der Waals surface area (Å²) in [7, 11) is 0. The van der Waals surface area contributed by atoms with Crippen molar-refractivity contribution in [1.29, 1.82) is 0 Å². The molecule has 0 bridgehead atoms. The summed E-state index contributed by atoms with van der Waals surface area (Å²) in [6, 6.07) is 7.61. The molecule has 1 heterocycles. The highest BCUT2D eigenvalue weighted by atomic mass is 32.1. The van der Waals surface area contributed by atoms with Gasteiger partial charge < -0.3 is 0 Å². The molecule has 18 heavy (non-hydrogen) atoms. The van der Waals surface area contributed by atoms with Crippen LogP contribution in [0.2, 0.25) is 0 Å². The summed E-state index contributed by atoms with van der Waals surface area (Å²) in [5.74, 6) is 0.827. The van der Waals surface area contributed by atoms with Gasteiger partial charge >= 0.3 is 0 Å². The van der Waals surface area contributed by atoms with E-state index in [-0.39, 0.29) is 11.0 Å². The first-order valence-electron chi connectivity index (χ1n) is 6.30. The Bertz CT molecular complexity index is 625. The molecule has 0 amide bonds. The first-order valence-corrected chi connectivity index (χ1v) is 6.93. The van der Waals surface area contributed by atoms with Crippen LogP contribution in [0.4, 0.5) is 0 Å². The minimum Gasteiger partial charge on any atom is -0.267 e. The molecule has 3 nitrogen and oxygen atoms in total. The SMILES string of the molecule is O=c1c2ccccc2cnn1CC1(CS)CCC1. The Balaban J connectivity index is 2.03. The van der Waals surface area contributed by atoms with Crippen molar-refractivity contribution in [2.45, 2.75) is 25.8 Å². The van der Waals surface area contributed by atoms with Gasteiger partial charge in [-0.1, -0.05) is 24.6 Å². The molecule has 0 unspecified atom stereocenters. The second kappa shape index (κ2) is 4.43.